The van der Waals surface area contributed by atoms with Crippen molar-refractivity contribution in [2.75, 3.05) is 6.61 Å². The van der Waals surface area contributed by atoms with Crippen LogP contribution in [-0.4, -0.2) is 26.1 Å². The molecule has 1 aromatic carbocycles. The van der Waals surface area contributed by atoms with E-state index in [0.717, 1.165) is 19.4 Å². The summed E-state index contributed by atoms with van der Waals surface area (Å²) in [5, 5.41) is 10.7. The third-order valence-corrected chi connectivity index (χ3v) is 11.1. The quantitative estimate of drug-likeness (QED) is 0.270. The van der Waals surface area contributed by atoms with E-state index in [1.54, 1.807) is 0 Å². The summed E-state index contributed by atoms with van der Waals surface area (Å²) in [6.07, 6.45) is 3.74. The topological polar surface area (TPSA) is 38.7 Å². The normalized spacial score (nSPS) is 17.4. The molecule has 0 aromatic heterocycles. The van der Waals surface area contributed by atoms with Crippen LogP contribution in [0.4, 0.5) is 0 Å². The number of ether oxygens (including phenoxy) is 1. The van der Waals surface area contributed by atoms with Crippen LogP contribution in [-0.2, 0) is 15.8 Å². The van der Waals surface area contributed by atoms with Crippen LogP contribution in [0, 0.1) is 17.8 Å². The summed E-state index contributed by atoms with van der Waals surface area (Å²) in [6.45, 7) is 21.4. The molecule has 0 aliphatic rings. The van der Waals surface area contributed by atoms with Crippen LogP contribution < -0.4 is 0 Å². The van der Waals surface area contributed by atoms with Crippen molar-refractivity contribution in [3.63, 3.8) is 0 Å². The van der Waals surface area contributed by atoms with Gasteiger partial charge in [0.1, 0.15) is 0 Å². The van der Waals surface area contributed by atoms with E-state index in [9.17, 15) is 5.11 Å². The number of benzene rings is 1. The van der Waals surface area contributed by atoms with Gasteiger partial charge in [0.05, 0.1) is 18.5 Å². The zero-order chi connectivity index (χ0) is 22.9. The van der Waals surface area contributed by atoms with E-state index in [2.05, 4.69) is 66.8 Å². The Kier molecular flexibility index (Phi) is 10.8. The maximum absolute atomic E-state index is 10.6. The maximum atomic E-state index is 10.6. The zero-order valence-electron chi connectivity index (χ0n) is 20.9. The Morgan fingerprint density at radius 3 is 2.23 bits per heavy atom. The molecule has 0 aliphatic carbocycles. The second-order valence-electron chi connectivity index (χ2n) is 10.4. The second kappa shape index (κ2) is 12.1. The summed E-state index contributed by atoms with van der Waals surface area (Å²) < 4.78 is 12.9. The molecule has 0 saturated carbocycles. The lowest BCUT2D eigenvalue weighted by molar-refractivity contribution is 0.0365. The van der Waals surface area contributed by atoms with Crippen molar-refractivity contribution in [3.8, 4) is 0 Å². The highest BCUT2D eigenvalue weighted by Crippen LogP contribution is 2.41. The van der Waals surface area contributed by atoms with E-state index in [1.807, 2.05) is 31.2 Å². The van der Waals surface area contributed by atoms with Crippen LogP contribution in [0.25, 0.3) is 0 Å². The lowest BCUT2D eigenvalue weighted by Crippen LogP contribution is -2.48. The first-order valence-corrected chi connectivity index (χ1v) is 14.5. The van der Waals surface area contributed by atoms with Crippen molar-refractivity contribution >= 4 is 8.32 Å². The van der Waals surface area contributed by atoms with Gasteiger partial charge in [-0.05, 0) is 61.4 Å². The first-order valence-electron chi connectivity index (χ1n) is 11.6. The van der Waals surface area contributed by atoms with Gasteiger partial charge < -0.3 is 14.3 Å². The fourth-order valence-corrected chi connectivity index (χ4v) is 5.16. The van der Waals surface area contributed by atoms with Crippen molar-refractivity contribution in [1.29, 1.82) is 0 Å². The van der Waals surface area contributed by atoms with Gasteiger partial charge in [-0.3, -0.25) is 0 Å². The molecular weight excluding hydrogens is 388 g/mol. The average Bonchev–Trinajstić information content (AvgIpc) is 2.67. The van der Waals surface area contributed by atoms with Crippen LogP contribution in [0.2, 0.25) is 18.1 Å². The molecule has 0 unspecified atom stereocenters. The highest BCUT2D eigenvalue weighted by molar-refractivity contribution is 6.74. The summed E-state index contributed by atoms with van der Waals surface area (Å²) in [5.74, 6) is 1.26. The van der Waals surface area contributed by atoms with Crippen LogP contribution in [0.3, 0.4) is 0 Å². The molecule has 1 rings (SSSR count). The van der Waals surface area contributed by atoms with Gasteiger partial charge >= 0.3 is 0 Å². The number of rotatable bonds is 12. The summed E-state index contributed by atoms with van der Waals surface area (Å²) in [6, 6.07) is 10.3. The largest absolute Gasteiger partial charge is 0.512 e. The van der Waals surface area contributed by atoms with Gasteiger partial charge in [0.2, 0.25) is 0 Å². The van der Waals surface area contributed by atoms with Gasteiger partial charge in [-0.2, -0.15) is 0 Å². The lowest BCUT2D eigenvalue weighted by atomic mass is 9.84. The van der Waals surface area contributed by atoms with E-state index >= 15 is 0 Å². The number of allylic oxidation sites excluding steroid dienone is 1. The zero-order valence-corrected chi connectivity index (χ0v) is 21.9. The molecule has 3 nitrogen and oxygen atoms in total. The number of aliphatic hydroxyl groups is 1. The molecule has 1 aromatic rings. The summed E-state index contributed by atoms with van der Waals surface area (Å²) >= 11 is 0. The summed E-state index contributed by atoms with van der Waals surface area (Å²) in [5.41, 5.74) is 1.21. The Morgan fingerprint density at radius 1 is 1.13 bits per heavy atom. The summed E-state index contributed by atoms with van der Waals surface area (Å²) in [7, 11) is -1.96. The molecule has 0 fully saturated rings. The van der Waals surface area contributed by atoms with E-state index in [1.165, 1.54) is 5.56 Å². The number of hydrogen-bond donors (Lipinski definition) is 1. The maximum Gasteiger partial charge on any atom is 0.192 e. The van der Waals surface area contributed by atoms with Crippen LogP contribution in [0.5, 0.6) is 0 Å². The minimum Gasteiger partial charge on any atom is -0.512 e. The standard InChI is InChI=1S/C26H46O3Si/c1-10-23(24(27)11-2)25(29-30(8,9)26(5,6)7)21(4)17-20(3)18-28-19-22-15-13-12-14-16-22/h11-16,20-21,23,25,27H,10,17-19H2,1-9H3/b24-11+/t20-,21+,23+,25+/m1/s1. The van der Waals surface area contributed by atoms with Crippen molar-refractivity contribution in [2.45, 2.75) is 92.2 Å². The molecule has 0 saturated heterocycles. The predicted molar refractivity (Wildman–Crippen MR) is 131 cm³/mol. The molecule has 4 atom stereocenters. The first kappa shape index (κ1) is 26.9. The van der Waals surface area contributed by atoms with Gasteiger partial charge in [0, 0.05) is 12.5 Å². The first-order chi connectivity index (χ1) is 13.9. The Balaban J connectivity index is 2.83. The van der Waals surface area contributed by atoms with Gasteiger partial charge in [-0.25, -0.2) is 0 Å². The SMILES string of the molecule is C/C=C(/O)[C@H](CC)[C@@H](O[Si](C)(C)C(C)(C)C)[C@@H](C)C[C@@H](C)COCc1ccccc1. The molecule has 0 heterocycles. The Bertz CT molecular complexity index is 633. The Morgan fingerprint density at radius 2 is 1.73 bits per heavy atom. The molecule has 172 valence electrons. The second-order valence-corrected chi connectivity index (χ2v) is 15.1. The molecule has 0 radical (unpaired) electrons. The van der Waals surface area contributed by atoms with Gasteiger partial charge in [-0.1, -0.05) is 71.9 Å². The molecular formula is C26H46O3Si. The van der Waals surface area contributed by atoms with E-state index in [-0.39, 0.29) is 17.1 Å². The van der Waals surface area contributed by atoms with Crippen LogP contribution >= 0.6 is 0 Å². The van der Waals surface area contributed by atoms with Crippen molar-refractivity contribution in [3.05, 3.63) is 47.7 Å². The third kappa shape index (κ3) is 8.20. The minimum absolute atomic E-state index is 0.0173. The van der Waals surface area contributed by atoms with E-state index in [0.29, 0.717) is 24.2 Å². The van der Waals surface area contributed by atoms with Crippen molar-refractivity contribution in [2.24, 2.45) is 17.8 Å². The Labute approximate surface area is 187 Å². The molecule has 4 heteroatoms. The fourth-order valence-electron chi connectivity index (χ4n) is 3.72. The van der Waals surface area contributed by atoms with Gasteiger partial charge in [-0.15, -0.1) is 0 Å². The minimum atomic E-state index is -1.96. The fraction of sp³-hybridized carbons (Fsp3) is 0.692. The average molecular weight is 435 g/mol. The summed E-state index contributed by atoms with van der Waals surface area (Å²) in [4.78, 5) is 0. The van der Waals surface area contributed by atoms with Crippen LogP contribution in [0.15, 0.2) is 42.2 Å². The highest BCUT2D eigenvalue weighted by atomic mass is 28.4. The monoisotopic (exact) mass is 434 g/mol. The van der Waals surface area contributed by atoms with Gasteiger partial charge in [0.25, 0.3) is 0 Å². The van der Waals surface area contributed by atoms with Gasteiger partial charge in [0.15, 0.2) is 8.32 Å². The highest BCUT2D eigenvalue weighted by Gasteiger charge is 2.42. The Hall–Kier alpha value is -1.10. The number of aliphatic hydroxyl groups excluding tert-OH is 1. The molecule has 1 N–H and O–H groups in total. The smallest absolute Gasteiger partial charge is 0.192 e. The van der Waals surface area contributed by atoms with E-state index in [4.69, 9.17) is 9.16 Å². The van der Waals surface area contributed by atoms with Crippen molar-refractivity contribution < 1.29 is 14.3 Å². The number of hydrogen-bond acceptors (Lipinski definition) is 3. The molecule has 0 bridgehead atoms. The molecule has 30 heavy (non-hydrogen) atoms. The lowest BCUT2D eigenvalue weighted by Gasteiger charge is -2.43. The molecule has 0 aliphatic heterocycles. The molecule has 0 amide bonds. The van der Waals surface area contributed by atoms with Crippen molar-refractivity contribution in [1.82, 2.24) is 0 Å². The molecule has 0 spiro atoms. The third-order valence-electron chi connectivity index (χ3n) is 6.60. The predicted octanol–water partition coefficient (Wildman–Crippen LogP) is 7.74. The van der Waals surface area contributed by atoms with Crippen LogP contribution in [0.1, 0.15) is 66.9 Å². The van der Waals surface area contributed by atoms with E-state index < -0.39 is 8.32 Å².